The highest BCUT2D eigenvalue weighted by Gasteiger charge is 2.01. The van der Waals surface area contributed by atoms with Gasteiger partial charge in [0.25, 0.3) is 0 Å². The van der Waals surface area contributed by atoms with E-state index < -0.39 is 0 Å². The minimum Gasteiger partial charge on any atom is -0.380 e. The van der Waals surface area contributed by atoms with Gasteiger partial charge in [0, 0.05) is 12.2 Å². The number of nitrogens with zero attached hydrogens (tertiary/aromatic N) is 1. The summed E-state index contributed by atoms with van der Waals surface area (Å²) in [7, 11) is 0. The fourth-order valence-corrected chi connectivity index (χ4v) is 1.01. The number of aromatic nitrogens is 1. The maximum absolute atomic E-state index is 5.92. The molecule has 1 aromatic rings. The van der Waals surface area contributed by atoms with Crippen LogP contribution in [0.1, 0.15) is 20.3 Å². The third-order valence-corrected chi connectivity index (χ3v) is 2.11. The average Bonchev–Trinajstić information content (AvgIpc) is 2.09. The first-order valence-corrected chi connectivity index (χ1v) is 4.48. The van der Waals surface area contributed by atoms with Crippen molar-refractivity contribution in [2.45, 2.75) is 26.3 Å². The van der Waals surface area contributed by atoms with Crippen LogP contribution in [0.3, 0.4) is 0 Å². The van der Waals surface area contributed by atoms with Crippen LogP contribution >= 0.6 is 11.6 Å². The first-order chi connectivity index (χ1) is 5.74. The molecule has 0 saturated heterocycles. The predicted molar refractivity (Wildman–Crippen MR) is 52.6 cm³/mol. The Balaban J connectivity index is 2.69. The summed E-state index contributed by atoms with van der Waals surface area (Å²) in [6, 6.07) is 2.22. The van der Waals surface area contributed by atoms with Crippen LogP contribution in [-0.4, -0.2) is 11.0 Å². The Hall–Kier alpha value is -0.760. The van der Waals surface area contributed by atoms with Crippen molar-refractivity contribution in [1.82, 2.24) is 4.98 Å². The molecule has 0 aliphatic carbocycles. The lowest BCUT2D eigenvalue weighted by atomic mass is 10.2. The zero-order valence-electron chi connectivity index (χ0n) is 7.34. The first-order valence-electron chi connectivity index (χ1n) is 4.10. The van der Waals surface area contributed by atoms with E-state index in [1.807, 2.05) is 0 Å². The summed E-state index contributed by atoms with van der Waals surface area (Å²) in [6.45, 7) is 4.24. The van der Waals surface area contributed by atoms with Gasteiger partial charge in [-0.15, -0.1) is 0 Å². The van der Waals surface area contributed by atoms with Crippen LogP contribution in [0.15, 0.2) is 18.5 Å². The van der Waals surface area contributed by atoms with Gasteiger partial charge in [-0.05, 0) is 19.4 Å². The lowest BCUT2D eigenvalue weighted by molar-refractivity contribution is 0.763. The zero-order valence-corrected chi connectivity index (χ0v) is 8.10. The van der Waals surface area contributed by atoms with Crippen molar-refractivity contribution < 1.29 is 0 Å². The molecule has 0 saturated carbocycles. The van der Waals surface area contributed by atoms with E-state index in [0.29, 0.717) is 6.04 Å². The number of anilines is 1. The van der Waals surface area contributed by atoms with Crippen LogP contribution in [-0.2, 0) is 0 Å². The monoisotopic (exact) mass is 184 g/mol. The fraction of sp³-hybridized carbons (Fsp3) is 0.444. The number of halogens is 1. The maximum atomic E-state index is 5.92. The predicted octanol–water partition coefficient (Wildman–Crippen LogP) is 2.95. The molecule has 0 spiro atoms. The van der Waals surface area contributed by atoms with E-state index in [1.165, 1.54) is 0 Å². The molecule has 0 radical (unpaired) electrons. The highest BCUT2D eigenvalue weighted by atomic mass is 35.5. The SMILES string of the molecule is CCC(C)Nc1cnccc1Cl. The molecule has 2 nitrogen and oxygen atoms in total. The second-order valence-corrected chi connectivity index (χ2v) is 3.22. The Morgan fingerprint density at radius 2 is 2.42 bits per heavy atom. The van der Waals surface area contributed by atoms with E-state index >= 15 is 0 Å². The second-order valence-electron chi connectivity index (χ2n) is 2.81. The van der Waals surface area contributed by atoms with Crippen LogP contribution in [0, 0.1) is 0 Å². The molecule has 0 bridgehead atoms. The molecule has 12 heavy (non-hydrogen) atoms. The van der Waals surface area contributed by atoms with Gasteiger partial charge in [0.05, 0.1) is 16.9 Å². The smallest absolute Gasteiger partial charge is 0.0718 e. The molecule has 66 valence electrons. The van der Waals surface area contributed by atoms with Gasteiger partial charge in [-0.3, -0.25) is 4.98 Å². The molecule has 0 amide bonds. The molecule has 0 fully saturated rings. The molecule has 0 aliphatic heterocycles. The minimum absolute atomic E-state index is 0.437. The largest absolute Gasteiger partial charge is 0.380 e. The van der Waals surface area contributed by atoms with E-state index in [0.717, 1.165) is 17.1 Å². The molecule has 1 N–H and O–H groups in total. The molecular formula is C9H13ClN2. The third-order valence-electron chi connectivity index (χ3n) is 1.78. The van der Waals surface area contributed by atoms with Crippen molar-refractivity contribution in [1.29, 1.82) is 0 Å². The number of rotatable bonds is 3. The fourth-order valence-electron chi connectivity index (χ4n) is 0.851. The highest BCUT2D eigenvalue weighted by Crippen LogP contribution is 2.20. The first kappa shape index (κ1) is 9.33. The topological polar surface area (TPSA) is 24.9 Å². The molecule has 1 aromatic heterocycles. The lowest BCUT2D eigenvalue weighted by Gasteiger charge is -2.13. The van der Waals surface area contributed by atoms with Gasteiger partial charge in [0.2, 0.25) is 0 Å². The lowest BCUT2D eigenvalue weighted by Crippen LogP contribution is -2.13. The van der Waals surface area contributed by atoms with Crippen LogP contribution in [0.5, 0.6) is 0 Å². The Morgan fingerprint density at radius 3 is 3.00 bits per heavy atom. The third kappa shape index (κ3) is 2.38. The number of nitrogens with one attached hydrogen (secondary N) is 1. The van der Waals surface area contributed by atoms with Crippen molar-refractivity contribution in [2.24, 2.45) is 0 Å². The molecule has 1 atom stereocenters. The summed E-state index contributed by atoms with van der Waals surface area (Å²) >= 11 is 5.92. The summed E-state index contributed by atoms with van der Waals surface area (Å²) in [4.78, 5) is 3.99. The number of hydrogen-bond donors (Lipinski definition) is 1. The summed E-state index contributed by atoms with van der Waals surface area (Å²) < 4.78 is 0. The van der Waals surface area contributed by atoms with Gasteiger partial charge in [0.1, 0.15) is 0 Å². The molecular weight excluding hydrogens is 172 g/mol. The van der Waals surface area contributed by atoms with E-state index in [2.05, 4.69) is 24.1 Å². The van der Waals surface area contributed by atoms with Crippen molar-refractivity contribution in [3.8, 4) is 0 Å². The van der Waals surface area contributed by atoms with E-state index in [9.17, 15) is 0 Å². The number of pyridine rings is 1. The summed E-state index contributed by atoms with van der Waals surface area (Å²) in [5.74, 6) is 0. The average molecular weight is 185 g/mol. The molecule has 3 heteroatoms. The van der Waals surface area contributed by atoms with Crippen molar-refractivity contribution in [3.05, 3.63) is 23.5 Å². The van der Waals surface area contributed by atoms with Gasteiger partial charge < -0.3 is 5.32 Å². The van der Waals surface area contributed by atoms with Gasteiger partial charge in [0.15, 0.2) is 0 Å². The normalized spacial score (nSPS) is 12.6. The van der Waals surface area contributed by atoms with Gasteiger partial charge in [-0.1, -0.05) is 18.5 Å². The molecule has 0 aromatic carbocycles. The Morgan fingerprint density at radius 1 is 1.67 bits per heavy atom. The number of hydrogen-bond acceptors (Lipinski definition) is 2. The Bertz CT molecular complexity index is 250. The molecule has 1 unspecified atom stereocenters. The Labute approximate surface area is 78.0 Å². The summed E-state index contributed by atoms with van der Waals surface area (Å²) in [6.07, 6.45) is 4.50. The van der Waals surface area contributed by atoms with Crippen LogP contribution in [0.2, 0.25) is 5.02 Å². The second kappa shape index (κ2) is 4.31. The van der Waals surface area contributed by atoms with Crippen LogP contribution in [0.25, 0.3) is 0 Å². The summed E-state index contributed by atoms with van der Waals surface area (Å²) in [5.41, 5.74) is 0.911. The van der Waals surface area contributed by atoms with E-state index in [1.54, 1.807) is 18.5 Å². The molecule has 1 heterocycles. The van der Waals surface area contributed by atoms with Crippen LogP contribution in [0.4, 0.5) is 5.69 Å². The van der Waals surface area contributed by atoms with E-state index in [4.69, 9.17) is 11.6 Å². The van der Waals surface area contributed by atoms with Gasteiger partial charge >= 0.3 is 0 Å². The Kier molecular flexibility index (Phi) is 3.35. The summed E-state index contributed by atoms with van der Waals surface area (Å²) in [5, 5.41) is 3.99. The highest BCUT2D eigenvalue weighted by molar-refractivity contribution is 6.33. The van der Waals surface area contributed by atoms with E-state index in [-0.39, 0.29) is 0 Å². The standard InChI is InChI=1S/C9H13ClN2/c1-3-7(2)12-9-6-11-5-4-8(9)10/h4-7,12H,3H2,1-2H3. The van der Waals surface area contributed by atoms with Crippen molar-refractivity contribution in [2.75, 3.05) is 5.32 Å². The quantitative estimate of drug-likeness (QED) is 0.782. The van der Waals surface area contributed by atoms with Crippen molar-refractivity contribution in [3.63, 3.8) is 0 Å². The van der Waals surface area contributed by atoms with Crippen LogP contribution < -0.4 is 5.32 Å². The van der Waals surface area contributed by atoms with Crippen molar-refractivity contribution >= 4 is 17.3 Å². The van der Waals surface area contributed by atoms with Gasteiger partial charge in [-0.2, -0.15) is 0 Å². The molecule has 1 rings (SSSR count). The maximum Gasteiger partial charge on any atom is 0.0718 e. The minimum atomic E-state index is 0.437. The zero-order chi connectivity index (χ0) is 8.97. The van der Waals surface area contributed by atoms with Gasteiger partial charge in [-0.25, -0.2) is 0 Å². The molecule has 0 aliphatic rings.